The Bertz CT molecular complexity index is 1030. The third-order valence-electron chi connectivity index (χ3n) is 6.32. The summed E-state index contributed by atoms with van der Waals surface area (Å²) in [5, 5.41) is 13.8. The van der Waals surface area contributed by atoms with Gasteiger partial charge in [0, 0.05) is 55.5 Å². The number of hydrogen-bond acceptors (Lipinski definition) is 6. The average molecular weight is 453 g/mol. The minimum Gasteiger partial charge on any atom is -0.376 e. The minimum atomic E-state index is -0.483. The highest BCUT2D eigenvalue weighted by atomic mass is 16.6. The number of aromatic nitrogens is 1. The molecule has 2 aliphatic heterocycles. The smallest absolute Gasteiger partial charge is 0.269 e. The molecule has 1 aromatic carbocycles. The Kier molecular flexibility index (Phi) is 6.98. The molecule has 2 aliphatic rings. The number of nitro groups is 1. The first kappa shape index (κ1) is 22.8. The van der Waals surface area contributed by atoms with E-state index in [0.717, 1.165) is 30.8 Å². The van der Waals surface area contributed by atoms with Crippen molar-refractivity contribution >= 4 is 17.5 Å². The topological polar surface area (TPSA) is 115 Å². The van der Waals surface area contributed by atoms with E-state index in [0.29, 0.717) is 43.6 Å². The third kappa shape index (κ3) is 5.36. The van der Waals surface area contributed by atoms with Gasteiger partial charge in [-0.2, -0.15) is 0 Å². The van der Waals surface area contributed by atoms with Crippen LogP contribution in [-0.2, 0) is 4.74 Å². The summed E-state index contributed by atoms with van der Waals surface area (Å²) in [5.74, 6) is -0.207. The van der Waals surface area contributed by atoms with Crippen LogP contribution in [0.2, 0.25) is 0 Å². The summed E-state index contributed by atoms with van der Waals surface area (Å²) >= 11 is 0. The number of carbonyl (C=O) groups excluding carboxylic acids is 2. The van der Waals surface area contributed by atoms with Gasteiger partial charge >= 0.3 is 0 Å². The standard InChI is InChI=1S/C24H28N4O5/c1-16-4-9-21(23(29)25-15-20-3-2-14-33-20)22(26-16)17-10-12-27(13-11-17)24(30)18-5-7-19(8-6-18)28(31)32/h4-9,17,20H,2-3,10-15H2,1H3,(H,25,29). The van der Waals surface area contributed by atoms with Crippen molar-refractivity contribution in [2.75, 3.05) is 26.2 Å². The van der Waals surface area contributed by atoms with Gasteiger partial charge in [-0.3, -0.25) is 24.7 Å². The zero-order valence-electron chi connectivity index (χ0n) is 18.7. The molecule has 1 aromatic heterocycles. The quantitative estimate of drug-likeness (QED) is 0.532. The molecule has 1 N–H and O–H groups in total. The fourth-order valence-corrected chi connectivity index (χ4v) is 4.45. The monoisotopic (exact) mass is 452 g/mol. The lowest BCUT2D eigenvalue weighted by Crippen LogP contribution is -2.39. The van der Waals surface area contributed by atoms with Crippen LogP contribution in [0.25, 0.3) is 0 Å². The third-order valence-corrected chi connectivity index (χ3v) is 6.32. The van der Waals surface area contributed by atoms with Crippen LogP contribution in [0.15, 0.2) is 36.4 Å². The van der Waals surface area contributed by atoms with Gasteiger partial charge in [-0.15, -0.1) is 0 Å². The van der Waals surface area contributed by atoms with E-state index in [9.17, 15) is 19.7 Å². The molecule has 33 heavy (non-hydrogen) atoms. The van der Waals surface area contributed by atoms with Gasteiger partial charge in [0.1, 0.15) is 0 Å². The number of ether oxygens (including phenoxy) is 1. The molecule has 1 atom stereocenters. The van der Waals surface area contributed by atoms with Crippen molar-refractivity contribution in [3.8, 4) is 0 Å². The van der Waals surface area contributed by atoms with E-state index in [1.54, 1.807) is 4.90 Å². The molecule has 2 saturated heterocycles. The fourth-order valence-electron chi connectivity index (χ4n) is 4.45. The zero-order chi connectivity index (χ0) is 23.4. The van der Waals surface area contributed by atoms with Crippen molar-refractivity contribution in [1.82, 2.24) is 15.2 Å². The van der Waals surface area contributed by atoms with E-state index in [-0.39, 0.29) is 29.5 Å². The Morgan fingerprint density at radius 2 is 1.88 bits per heavy atom. The maximum absolute atomic E-state index is 12.9. The van der Waals surface area contributed by atoms with E-state index in [1.165, 1.54) is 24.3 Å². The highest BCUT2D eigenvalue weighted by Gasteiger charge is 2.29. The van der Waals surface area contributed by atoms with Gasteiger partial charge in [0.05, 0.1) is 22.3 Å². The number of likely N-dealkylation sites (tertiary alicyclic amines) is 1. The predicted octanol–water partition coefficient (Wildman–Crippen LogP) is 3.23. The molecule has 9 nitrogen and oxygen atoms in total. The Morgan fingerprint density at radius 3 is 2.52 bits per heavy atom. The molecule has 9 heteroatoms. The summed E-state index contributed by atoms with van der Waals surface area (Å²) in [6, 6.07) is 9.35. The molecule has 2 fully saturated rings. The van der Waals surface area contributed by atoms with Gasteiger partial charge in [-0.25, -0.2) is 0 Å². The predicted molar refractivity (Wildman–Crippen MR) is 121 cm³/mol. The van der Waals surface area contributed by atoms with E-state index in [4.69, 9.17) is 9.72 Å². The summed E-state index contributed by atoms with van der Waals surface area (Å²) in [4.78, 5) is 42.5. The maximum atomic E-state index is 12.9. The highest BCUT2D eigenvalue weighted by Crippen LogP contribution is 2.30. The van der Waals surface area contributed by atoms with Gasteiger partial charge in [0.25, 0.3) is 17.5 Å². The molecule has 1 unspecified atom stereocenters. The lowest BCUT2D eigenvalue weighted by molar-refractivity contribution is -0.384. The van der Waals surface area contributed by atoms with E-state index < -0.39 is 4.92 Å². The number of aryl methyl sites for hydroxylation is 1. The van der Waals surface area contributed by atoms with Crippen molar-refractivity contribution in [2.24, 2.45) is 0 Å². The number of piperidine rings is 1. The Labute approximate surface area is 192 Å². The minimum absolute atomic E-state index is 0.0407. The number of non-ortho nitro benzene ring substituents is 1. The number of rotatable bonds is 6. The summed E-state index contributed by atoms with van der Waals surface area (Å²) < 4.78 is 5.59. The second-order valence-corrected chi connectivity index (χ2v) is 8.60. The lowest BCUT2D eigenvalue weighted by Gasteiger charge is -2.32. The molecular formula is C24H28N4O5. The molecule has 4 rings (SSSR count). The average Bonchev–Trinajstić information content (AvgIpc) is 3.36. The Hall–Kier alpha value is -3.33. The second-order valence-electron chi connectivity index (χ2n) is 8.60. The van der Waals surface area contributed by atoms with Crippen molar-refractivity contribution in [3.63, 3.8) is 0 Å². The van der Waals surface area contributed by atoms with Crippen LogP contribution in [-0.4, -0.2) is 59.0 Å². The van der Waals surface area contributed by atoms with Crippen molar-refractivity contribution in [2.45, 2.75) is 44.6 Å². The van der Waals surface area contributed by atoms with E-state index >= 15 is 0 Å². The molecule has 3 heterocycles. The first-order valence-electron chi connectivity index (χ1n) is 11.3. The van der Waals surface area contributed by atoms with Crippen molar-refractivity contribution in [3.05, 3.63) is 69.0 Å². The number of hydrogen-bond donors (Lipinski definition) is 1. The van der Waals surface area contributed by atoms with E-state index in [1.807, 2.05) is 19.1 Å². The summed E-state index contributed by atoms with van der Waals surface area (Å²) in [6.07, 6.45) is 3.45. The zero-order valence-corrected chi connectivity index (χ0v) is 18.7. The molecular weight excluding hydrogens is 424 g/mol. The summed E-state index contributed by atoms with van der Waals surface area (Å²) in [5.41, 5.74) is 2.61. The highest BCUT2D eigenvalue weighted by molar-refractivity contribution is 5.96. The molecule has 174 valence electrons. The number of benzene rings is 1. The number of carbonyl (C=O) groups is 2. The number of nitro benzene ring substituents is 1. The molecule has 0 aliphatic carbocycles. The van der Waals surface area contributed by atoms with Crippen molar-refractivity contribution < 1.29 is 19.2 Å². The largest absolute Gasteiger partial charge is 0.376 e. The van der Waals surface area contributed by atoms with Crippen LogP contribution in [0.5, 0.6) is 0 Å². The number of nitrogens with one attached hydrogen (secondary N) is 1. The molecule has 0 spiro atoms. The van der Waals surface area contributed by atoms with Crippen LogP contribution in [0, 0.1) is 17.0 Å². The van der Waals surface area contributed by atoms with E-state index in [2.05, 4.69) is 5.32 Å². The van der Waals surface area contributed by atoms with Crippen LogP contribution >= 0.6 is 0 Å². The Balaban J connectivity index is 1.40. The molecule has 0 radical (unpaired) electrons. The van der Waals surface area contributed by atoms with Crippen LogP contribution in [0.4, 0.5) is 5.69 Å². The fraction of sp³-hybridized carbons (Fsp3) is 0.458. The van der Waals surface area contributed by atoms with Gasteiger partial charge in [0.2, 0.25) is 0 Å². The van der Waals surface area contributed by atoms with Gasteiger partial charge in [0.15, 0.2) is 0 Å². The molecule has 0 saturated carbocycles. The maximum Gasteiger partial charge on any atom is 0.269 e. The van der Waals surface area contributed by atoms with Crippen LogP contribution in [0.3, 0.4) is 0 Å². The first-order chi connectivity index (χ1) is 15.9. The first-order valence-corrected chi connectivity index (χ1v) is 11.3. The normalized spacial score (nSPS) is 18.8. The lowest BCUT2D eigenvalue weighted by atomic mass is 9.89. The molecule has 0 bridgehead atoms. The van der Waals surface area contributed by atoms with Crippen molar-refractivity contribution in [1.29, 1.82) is 0 Å². The summed E-state index contributed by atoms with van der Waals surface area (Å²) in [6.45, 7) is 4.22. The molecule has 2 amide bonds. The van der Waals surface area contributed by atoms with Crippen LogP contribution < -0.4 is 5.32 Å². The second kappa shape index (κ2) is 10.1. The SMILES string of the molecule is Cc1ccc(C(=O)NCC2CCCO2)c(C2CCN(C(=O)c3ccc([N+](=O)[O-])cc3)CC2)n1. The number of amides is 2. The number of nitrogens with zero attached hydrogens (tertiary/aromatic N) is 3. The number of pyridine rings is 1. The van der Waals surface area contributed by atoms with Crippen LogP contribution in [0.1, 0.15) is 63.7 Å². The van der Waals surface area contributed by atoms with Gasteiger partial charge in [-0.1, -0.05) is 0 Å². The molecule has 2 aromatic rings. The van der Waals surface area contributed by atoms with Gasteiger partial charge < -0.3 is 15.0 Å². The summed E-state index contributed by atoms with van der Waals surface area (Å²) in [7, 11) is 0. The van der Waals surface area contributed by atoms with Gasteiger partial charge in [-0.05, 0) is 56.9 Å². The Morgan fingerprint density at radius 1 is 1.15 bits per heavy atom.